The molecule has 1 aromatic rings. The van der Waals surface area contributed by atoms with Gasteiger partial charge in [-0.2, -0.15) is 0 Å². The topological polar surface area (TPSA) is 47.0 Å². The van der Waals surface area contributed by atoms with E-state index < -0.39 is 0 Å². The van der Waals surface area contributed by atoms with Crippen molar-refractivity contribution in [2.75, 3.05) is 7.11 Å². The van der Waals surface area contributed by atoms with Crippen LogP contribution in [0.1, 0.15) is 42.7 Å². The molecule has 1 aromatic heterocycles. The fraction of sp³-hybridized carbons (Fsp3) is 0.667. The third-order valence-corrected chi connectivity index (χ3v) is 3.02. The van der Waals surface area contributed by atoms with Crippen LogP contribution in [0, 0.1) is 12.8 Å². The fourth-order valence-electron chi connectivity index (χ4n) is 2.16. The second-order valence-electron chi connectivity index (χ2n) is 4.60. The van der Waals surface area contributed by atoms with Crippen LogP contribution < -0.4 is 5.32 Å². The lowest BCUT2D eigenvalue weighted by Crippen LogP contribution is -2.15. The van der Waals surface area contributed by atoms with Gasteiger partial charge in [0.25, 0.3) is 0 Å². The Labute approximate surface area is 96.4 Å². The lowest BCUT2D eigenvalue weighted by molar-refractivity contribution is 0.0571. The molecule has 0 aliphatic carbocycles. The molecule has 0 amide bonds. The minimum Gasteiger partial charge on any atom is -0.373 e. The summed E-state index contributed by atoms with van der Waals surface area (Å²) >= 11 is 0. The van der Waals surface area contributed by atoms with Crippen LogP contribution in [0.4, 0.5) is 0 Å². The summed E-state index contributed by atoms with van der Waals surface area (Å²) in [5, 5.41) is 3.30. The molecule has 0 fully saturated rings. The second kappa shape index (κ2) is 4.47. The van der Waals surface area contributed by atoms with Crippen LogP contribution >= 0.6 is 0 Å². The first-order valence-electron chi connectivity index (χ1n) is 5.73. The fourth-order valence-corrected chi connectivity index (χ4v) is 2.16. The van der Waals surface area contributed by atoms with Crippen LogP contribution in [-0.2, 0) is 17.8 Å². The number of ether oxygens (including phenoxy) is 1. The van der Waals surface area contributed by atoms with Crippen molar-refractivity contribution in [2.45, 2.75) is 40.0 Å². The highest BCUT2D eigenvalue weighted by molar-refractivity contribution is 5.28. The number of rotatable bonds is 3. The van der Waals surface area contributed by atoms with Gasteiger partial charge in [0.1, 0.15) is 6.10 Å². The average Bonchev–Trinajstić information content (AvgIpc) is 2.66. The van der Waals surface area contributed by atoms with E-state index in [4.69, 9.17) is 4.74 Å². The van der Waals surface area contributed by atoms with E-state index in [-0.39, 0.29) is 6.10 Å². The molecule has 1 N–H and O–H groups in total. The molecule has 16 heavy (non-hydrogen) atoms. The SMILES string of the molecule is COC(c1nc(C)c2c(n1)CNC2)C(C)C. The van der Waals surface area contributed by atoms with Gasteiger partial charge in [0, 0.05) is 31.5 Å². The van der Waals surface area contributed by atoms with Crippen LogP contribution in [-0.4, -0.2) is 17.1 Å². The van der Waals surface area contributed by atoms with Crippen LogP contribution in [0.3, 0.4) is 0 Å². The molecule has 88 valence electrons. The van der Waals surface area contributed by atoms with Gasteiger partial charge in [-0.25, -0.2) is 9.97 Å². The summed E-state index contributed by atoms with van der Waals surface area (Å²) in [5.74, 6) is 1.20. The van der Waals surface area contributed by atoms with Crippen molar-refractivity contribution in [2.24, 2.45) is 5.92 Å². The minimum atomic E-state index is -0.00963. The number of nitrogens with zero attached hydrogens (tertiary/aromatic N) is 2. The van der Waals surface area contributed by atoms with Crippen LogP contribution in [0.15, 0.2) is 0 Å². The zero-order valence-corrected chi connectivity index (χ0v) is 10.4. The molecule has 0 saturated heterocycles. The Morgan fingerprint density at radius 3 is 2.62 bits per heavy atom. The highest BCUT2D eigenvalue weighted by Gasteiger charge is 2.22. The van der Waals surface area contributed by atoms with Crippen molar-refractivity contribution >= 4 is 0 Å². The standard InChI is InChI=1S/C12H19N3O/c1-7(2)11(16-4)12-14-8(3)9-5-13-6-10(9)15-12/h7,11,13H,5-6H2,1-4H3. The lowest BCUT2D eigenvalue weighted by Gasteiger charge is -2.18. The Hall–Kier alpha value is -1.00. The summed E-state index contributed by atoms with van der Waals surface area (Å²) in [7, 11) is 1.72. The molecular weight excluding hydrogens is 202 g/mol. The molecule has 0 aromatic carbocycles. The zero-order valence-electron chi connectivity index (χ0n) is 10.4. The van der Waals surface area contributed by atoms with Crippen molar-refractivity contribution in [3.05, 3.63) is 22.8 Å². The van der Waals surface area contributed by atoms with Crippen molar-refractivity contribution in [1.29, 1.82) is 0 Å². The predicted molar refractivity (Wildman–Crippen MR) is 61.9 cm³/mol. The van der Waals surface area contributed by atoms with Gasteiger partial charge in [-0.3, -0.25) is 0 Å². The second-order valence-corrected chi connectivity index (χ2v) is 4.60. The highest BCUT2D eigenvalue weighted by Crippen LogP contribution is 2.25. The van der Waals surface area contributed by atoms with Gasteiger partial charge < -0.3 is 10.1 Å². The van der Waals surface area contributed by atoms with Crippen molar-refractivity contribution in [3.8, 4) is 0 Å². The number of fused-ring (bicyclic) bond motifs is 1. The van der Waals surface area contributed by atoms with E-state index in [0.29, 0.717) is 5.92 Å². The van der Waals surface area contributed by atoms with Crippen LogP contribution in [0.5, 0.6) is 0 Å². The summed E-state index contributed by atoms with van der Waals surface area (Å²) in [6.07, 6.45) is -0.00963. The molecule has 2 heterocycles. The monoisotopic (exact) mass is 221 g/mol. The summed E-state index contributed by atoms with van der Waals surface area (Å²) in [4.78, 5) is 9.17. The first kappa shape index (κ1) is 11.5. The van der Waals surface area contributed by atoms with Crippen LogP contribution in [0.2, 0.25) is 0 Å². The van der Waals surface area contributed by atoms with E-state index in [0.717, 1.165) is 30.3 Å². The number of aryl methyl sites for hydroxylation is 1. The molecule has 1 aliphatic heterocycles. The molecule has 2 rings (SSSR count). The third-order valence-electron chi connectivity index (χ3n) is 3.02. The first-order valence-corrected chi connectivity index (χ1v) is 5.73. The summed E-state index contributed by atoms with van der Waals surface area (Å²) in [6.45, 7) is 8.03. The Morgan fingerprint density at radius 2 is 2.00 bits per heavy atom. The molecule has 1 atom stereocenters. The smallest absolute Gasteiger partial charge is 0.157 e. The Bertz CT molecular complexity index is 390. The molecule has 1 unspecified atom stereocenters. The number of nitrogens with one attached hydrogen (secondary N) is 1. The van der Waals surface area contributed by atoms with E-state index >= 15 is 0 Å². The molecule has 0 bridgehead atoms. The van der Waals surface area contributed by atoms with Gasteiger partial charge in [-0.05, 0) is 12.8 Å². The molecule has 0 spiro atoms. The average molecular weight is 221 g/mol. The Morgan fingerprint density at radius 1 is 1.25 bits per heavy atom. The summed E-state index contributed by atoms with van der Waals surface area (Å²) in [6, 6.07) is 0. The van der Waals surface area contributed by atoms with Gasteiger partial charge >= 0.3 is 0 Å². The third kappa shape index (κ3) is 1.95. The van der Waals surface area contributed by atoms with E-state index in [1.165, 1.54) is 5.56 Å². The quantitative estimate of drug-likeness (QED) is 0.844. The van der Waals surface area contributed by atoms with Gasteiger partial charge in [0.15, 0.2) is 5.82 Å². The maximum Gasteiger partial charge on any atom is 0.157 e. The normalized spacial score (nSPS) is 16.6. The van der Waals surface area contributed by atoms with Gasteiger partial charge in [-0.1, -0.05) is 13.8 Å². The van der Waals surface area contributed by atoms with Crippen molar-refractivity contribution in [3.63, 3.8) is 0 Å². The maximum absolute atomic E-state index is 5.47. The van der Waals surface area contributed by atoms with E-state index in [1.807, 2.05) is 6.92 Å². The zero-order chi connectivity index (χ0) is 11.7. The molecule has 4 heteroatoms. The number of methoxy groups -OCH3 is 1. The molecule has 4 nitrogen and oxygen atoms in total. The lowest BCUT2D eigenvalue weighted by atomic mass is 10.1. The highest BCUT2D eigenvalue weighted by atomic mass is 16.5. The number of hydrogen-bond donors (Lipinski definition) is 1. The van der Waals surface area contributed by atoms with Crippen molar-refractivity contribution < 1.29 is 4.74 Å². The number of aromatic nitrogens is 2. The molecular formula is C12H19N3O. The largest absolute Gasteiger partial charge is 0.373 e. The maximum atomic E-state index is 5.47. The van der Waals surface area contributed by atoms with E-state index in [1.54, 1.807) is 7.11 Å². The molecule has 0 radical (unpaired) electrons. The van der Waals surface area contributed by atoms with Crippen LogP contribution in [0.25, 0.3) is 0 Å². The minimum absolute atomic E-state index is 0.00963. The van der Waals surface area contributed by atoms with Gasteiger partial charge in [-0.15, -0.1) is 0 Å². The summed E-state index contributed by atoms with van der Waals surface area (Å²) < 4.78 is 5.47. The first-order chi connectivity index (χ1) is 7.63. The molecule has 1 aliphatic rings. The Kier molecular flexibility index (Phi) is 3.21. The summed E-state index contributed by atoms with van der Waals surface area (Å²) in [5.41, 5.74) is 3.46. The molecule has 0 saturated carbocycles. The van der Waals surface area contributed by atoms with Gasteiger partial charge in [0.2, 0.25) is 0 Å². The number of hydrogen-bond acceptors (Lipinski definition) is 4. The van der Waals surface area contributed by atoms with E-state index in [2.05, 4.69) is 29.1 Å². The van der Waals surface area contributed by atoms with Gasteiger partial charge in [0.05, 0.1) is 5.69 Å². The predicted octanol–water partition coefficient (Wildman–Crippen LogP) is 1.73. The van der Waals surface area contributed by atoms with E-state index in [9.17, 15) is 0 Å². The Balaban J connectivity index is 2.39. The van der Waals surface area contributed by atoms with Crippen molar-refractivity contribution in [1.82, 2.24) is 15.3 Å².